The van der Waals surface area contributed by atoms with Crippen LogP contribution in [0.5, 0.6) is 11.5 Å². The van der Waals surface area contributed by atoms with Crippen molar-refractivity contribution in [3.8, 4) is 11.5 Å². The van der Waals surface area contributed by atoms with E-state index in [0.29, 0.717) is 12.1 Å². The Balaban J connectivity index is 1.67. The summed E-state index contributed by atoms with van der Waals surface area (Å²) >= 11 is 4.18. The Kier molecular flexibility index (Phi) is 8.46. The fourth-order valence-corrected chi connectivity index (χ4v) is 6.51. The number of piperazine rings is 1. The number of hydrogen-bond acceptors (Lipinski definition) is 7. The molecule has 1 aromatic carbocycles. The maximum Gasteiger partial charge on any atom is 0.122 e. The zero-order chi connectivity index (χ0) is 19.1. The number of aliphatic hydroxyl groups excluding tert-OH is 1. The lowest BCUT2D eigenvalue weighted by atomic mass is 10.1. The number of methoxy groups -OCH3 is 2. The van der Waals surface area contributed by atoms with E-state index >= 15 is 0 Å². The topological polar surface area (TPSA) is 45.2 Å². The molecule has 1 atom stereocenters. The number of nitrogens with zero attached hydrogens (tertiary/aromatic N) is 2. The van der Waals surface area contributed by atoms with Crippen LogP contribution in [0, 0.1) is 0 Å². The van der Waals surface area contributed by atoms with Gasteiger partial charge in [0.05, 0.1) is 14.2 Å². The van der Waals surface area contributed by atoms with Gasteiger partial charge >= 0.3 is 0 Å². The minimum absolute atomic E-state index is 0.241. The molecule has 0 bridgehead atoms. The monoisotopic (exact) mass is 412 g/mol. The molecule has 27 heavy (non-hydrogen) atoms. The molecule has 2 aliphatic rings. The second-order valence-electron chi connectivity index (χ2n) is 7.16. The van der Waals surface area contributed by atoms with Crippen LogP contribution in [-0.4, -0.2) is 90.5 Å². The molecule has 0 radical (unpaired) electrons. The number of hydrogen-bond donors (Lipinski definition) is 1. The Labute approximate surface area is 171 Å². The Morgan fingerprint density at radius 2 is 1.70 bits per heavy atom. The highest BCUT2D eigenvalue weighted by molar-refractivity contribution is 8.03. The first-order chi connectivity index (χ1) is 13.2. The summed E-state index contributed by atoms with van der Waals surface area (Å²) in [7, 11) is 3.38. The van der Waals surface area contributed by atoms with Crippen LogP contribution in [-0.2, 0) is 6.54 Å². The van der Waals surface area contributed by atoms with Crippen LogP contribution in [0.15, 0.2) is 18.2 Å². The van der Waals surface area contributed by atoms with Crippen LogP contribution in [0.2, 0.25) is 0 Å². The average Bonchev–Trinajstić information content (AvgIpc) is 2.98. The molecule has 1 aromatic rings. The number of ether oxygens (including phenoxy) is 2. The Morgan fingerprint density at radius 3 is 2.30 bits per heavy atom. The van der Waals surface area contributed by atoms with Gasteiger partial charge in [-0.15, -0.1) is 0 Å². The summed E-state index contributed by atoms with van der Waals surface area (Å²) < 4.78 is 10.8. The van der Waals surface area contributed by atoms with Gasteiger partial charge in [0.25, 0.3) is 0 Å². The fourth-order valence-electron chi connectivity index (χ4n) is 3.89. The molecule has 0 amide bonds. The predicted molar refractivity (Wildman–Crippen MR) is 115 cm³/mol. The van der Waals surface area contributed by atoms with Gasteiger partial charge in [0.2, 0.25) is 0 Å². The van der Waals surface area contributed by atoms with Gasteiger partial charge < -0.3 is 14.6 Å². The lowest BCUT2D eigenvalue weighted by Gasteiger charge is -2.44. The van der Waals surface area contributed by atoms with Gasteiger partial charge in [-0.25, -0.2) is 0 Å². The van der Waals surface area contributed by atoms with Crippen LogP contribution in [0.3, 0.4) is 0 Å². The molecule has 0 aliphatic carbocycles. The van der Waals surface area contributed by atoms with Gasteiger partial charge in [0.15, 0.2) is 0 Å². The van der Waals surface area contributed by atoms with E-state index in [4.69, 9.17) is 9.47 Å². The highest BCUT2D eigenvalue weighted by Crippen LogP contribution is 2.27. The lowest BCUT2D eigenvalue weighted by Crippen LogP contribution is -2.56. The zero-order valence-corrected chi connectivity index (χ0v) is 18.1. The molecule has 2 saturated heterocycles. The van der Waals surface area contributed by atoms with E-state index in [1.165, 1.54) is 28.6 Å². The molecular formula is C20H32N2O3S2. The fraction of sp³-hybridized carbons (Fsp3) is 0.700. The third-order valence-corrected chi connectivity index (χ3v) is 7.89. The molecule has 2 heterocycles. The quantitative estimate of drug-likeness (QED) is 0.738. The SMILES string of the molecule is COc1cc(CN2CCN(C3CSCCSC3)CC2CCO)cc(OC)c1. The van der Waals surface area contributed by atoms with Gasteiger partial charge in [0.1, 0.15) is 11.5 Å². The summed E-state index contributed by atoms with van der Waals surface area (Å²) in [5.74, 6) is 6.69. The van der Waals surface area contributed by atoms with Crippen molar-refractivity contribution in [2.45, 2.75) is 25.0 Å². The van der Waals surface area contributed by atoms with Crippen LogP contribution >= 0.6 is 23.5 Å². The molecule has 0 saturated carbocycles. The summed E-state index contributed by atoms with van der Waals surface area (Å²) in [5, 5.41) is 9.61. The van der Waals surface area contributed by atoms with E-state index in [9.17, 15) is 5.11 Å². The maximum absolute atomic E-state index is 9.61. The van der Waals surface area contributed by atoms with Gasteiger partial charge in [0, 0.05) is 73.9 Å². The predicted octanol–water partition coefficient (Wildman–Crippen LogP) is 2.42. The van der Waals surface area contributed by atoms with Crippen molar-refractivity contribution in [3.05, 3.63) is 23.8 Å². The average molecular weight is 413 g/mol. The molecule has 5 nitrogen and oxygen atoms in total. The second kappa shape index (κ2) is 10.8. The van der Waals surface area contributed by atoms with Crippen LogP contribution in [0.4, 0.5) is 0 Å². The minimum atomic E-state index is 0.241. The van der Waals surface area contributed by atoms with E-state index in [0.717, 1.165) is 44.1 Å². The van der Waals surface area contributed by atoms with Gasteiger partial charge in [-0.3, -0.25) is 9.80 Å². The van der Waals surface area contributed by atoms with Crippen molar-refractivity contribution >= 4 is 23.5 Å². The standard InChI is InChI=1S/C20H32N2O3S2/c1-24-19-9-16(10-20(11-19)25-2)12-21-4-5-22(13-17(21)3-6-23)18-14-26-7-8-27-15-18/h9-11,17-18,23H,3-8,12-15H2,1-2H3. The maximum atomic E-state index is 9.61. The summed E-state index contributed by atoms with van der Waals surface area (Å²) in [6.45, 7) is 4.29. The first kappa shape index (κ1) is 21.1. The third-order valence-electron chi connectivity index (χ3n) is 5.40. The van der Waals surface area contributed by atoms with Gasteiger partial charge in [-0.05, 0) is 24.1 Å². The Bertz CT molecular complexity index is 560. The molecule has 1 unspecified atom stereocenters. The van der Waals surface area contributed by atoms with Crippen molar-refractivity contribution in [2.75, 3.05) is 63.5 Å². The van der Waals surface area contributed by atoms with E-state index in [2.05, 4.69) is 45.5 Å². The third kappa shape index (κ3) is 5.94. The number of aliphatic hydroxyl groups is 1. The smallest absolute Gasteiger partial charge is 0.122 e. The molecule has 3 rings (SSSR count). The minimum Gasteiger partial charge on any atom is -0.497 e. The van der Waals surface area contributed by atoms with Crippen molar-refractivity contribution in [3.63, 3.8) is 0 Å². The largest absolute Gasteiger partial charge is 0.497 e. The van der Waals surface area contributed by atoms with Crippen molar-refractivity contribution in [2.24, 2.45) is 0 Å². The normalized spacial score (nSPS) is 23.1. The van der Waals surface area contributed by atoms with E-state index in [1.54, 1.807) is 14.2 Å². The van der Waals surface area contributed by atoms with E-state index in [1.807, 2.05) is 6.07 Å². The summed E-state index contributed by atoms with van der Waals surface area (Å²) in [4.78, 5) is 5.17. The molecule has 1 N–H and O–H groups in total. The highest BCUT2D eigenvalue weighted by atomic mass is 32.2. The molecular weight excluding hydrogens is 380 g/mol. The van der Waals surface area contributed by atoms with Gasteiger partial charge in [-0.2, -0.15) is 23.5 Å². The molecule has 2 aliphatic heterocycles. The molecule has 7 heteroatoms. The molecule has 0 spiro atoms. The van der Waals surface area contributed by atoms with E-state index < -0.39 is 0 Å². The van der Waals surface area contributed by atoms with Crippen molar-refractivity contribution in [1.82, 2.24) is 9.80 Å². The second-order valence-corrected chi connectivity index (χ2v) is 9.46. The van der Waals surface area contributed by atoms with E-state index in [-0.39, 0.29) is 6.61 Å². The van der Waals surface area contributed by atoms with Gasteiger partial charge in [-0.1, -0.05) is 0 Å². The summed E-state index contributed by atoms with van der Waals surface area (Å²) in [6.07, 6.45) is 0.824. The summed E-state index contributed by atoms with van der Waals surface area (Å²) in [6, 6.07) is 7.14. The van der Waals surface area contributed by atoms with Crippen LogP contribution in [0.1, 0.15) is 12.0 Å². The van der Waals surface area contributed by atoms with Crippen LogP contribution in [0.25, 0.3) is 0 Å². The lowest BCUT2D eigenvalue weighted by molar-refractivity contribution is 0.0407. The molecule has 0 aromatic heterocycles. The Hall–Kier alpha value is -0.600. The molecule has 152 valence electrons. The first-order valence-corrected chi connectivity index (χ1v) is 12.0. The van der Waals surface area contributed by atoms with Crippen molar-refractivity contribution < 1.29 is 14.6 Å². The number of thioether (sulfide) groups is 2. The zero-order valence-electron chi connectivity index (χ0n) is 16.4. The van der Waals surface area contributed by atoms with Crippen molar-refractivity contribution in [1.29, 1.82) is 0 Å². The highest BCUT2D eigenvalue weighted by Gasteiger charge is 2.31. The Morgan fingerprint density at radius 1 is 1.04 bits per heavy atom. The molecule has 2 fully saturated rings. The first-order valence-electron chi connectivity index (χ1n) is 9.70. The summed E-state index contributed by atoms with van der Waals surface area (Å²) in [5.41, 5.74) is 1.20. The van der Waals surface area contributed by atoms with Crippen LogP contribution < -0.4 is 9.47 Å². The number of rotatable bonds is 7. The number of benzene rings is 1.